The van der Waals surface area contributed by atoms with Crippen LogP contribution in [0.15, 0.2) is 29.3 Å². The Morgan fingerprint density at radius 3 is 2.71 bits per heavy atom. The number of carbonyl (C=O) groups is 1. The van der Waals surface area contributed by atoms with Crippen LogP contribution in [0.1, 0.15) is 26.3 Å². The van der Waals surface area contributed by atoms with Crippen LogP contribution in [0.5, 0.6) is 5.75 Å². The van der Waals surface area contributed by atoms with E-state index in [1.54, 1.807) is 21.1 Å². The Morgan fingerprint density at radius 2 is 2.11 bits per heavy atom. The van der Waals surface area contributed by atoms with Gasteiger partial charge in [0.05, 0.1) is 0 Å². The summed E-state index contributed by atoms with van der Waals surface area (Å²) < 4.78 is 5.59. The Kier molecular flexibility index (Phi) is 8.11. The molecule has 1 heterocycles. The molecule has 0 aromatic heterocycles. The predicted octanol–water partition coefficient (Wildman–Crippen LogP) is 1.55. The molecule has 7 nitrogen and oxygen atoms in total. The average Bonchev–Trinajstić information content (AvgIpc) is 3.04. The van der Waals surface area contributed by atoms with Crippen LogP contribution in [0.4, 0.5) is 0 Å². The second-order valence-corrected chi connectivity index (χ2v) is 7.93. The number of nitrogens with zero attached hydrogens (tertiary/aromatic N) is 3. The van der Waals surface area contributed by atoms with Crippen LogP contribution >= 0.6 is 0 Å². The number of likely N-dealkylation sites (tertiary alicyclic amines) is 1. The molecule has 7 heteroatoms. The van der Waals surface area contributed by atoms with Crippen molar-refractivity contribution < 1.29 is 9.53 Å². The summed E-state index contributed by atoms with van der Waals surface area (Å²) in [4.78, 5) is 20.1. The third kappa shape index (κ3) is 6.41. The highest BCUT2D eigenvalue weighted by molar-refractivity contribution is 5.80. The van der Waals surface area contributed by atoms with Gasteiger partial charge >= 0.3 is 0 Å². The number of likely N-dealkylation sites (N-methyl/N-ethyl adjacent to an activating group) is 1. The summed E-state index contributed by atoms with van der Waals surface area (Å²) in [5.41, 5.74) is 1.07. The monoisotopic (exact) mass is 389 g/mol. The summed E-state index contributed by atoms with van der Waals surface area (Å²) >= 11 is 0. The fraction of sp³-hybridized carbons (Fsp3) is 0.619. The van der Waals surface area contributed by atoms with E-state index in [0.29, 0.717) is 30.3 Å². The van der Waals surface area contributed by atoms with Crippen molar-refractivity contribution in [3.05, 3.63) is 29.8 Å². The molecule has 1 saturated heterocycles. The largest absolute Gasteiger partial charge is 0.484 e. The molecule has 2 N–H and O–H groups in total. The quantitative estimate of drug-likeness (QED) is 0.547. The fourth-order valence-electron chi connectivity index (χ4n) is 3.19. The third-order valence-corrected chi connectivity index (χ3v) is 5.14. The number of nitrogens with one attached hydrogen (secondary N) is 2. The van der Waals surface area contributed by atoms with E-state index < -0.39 is 0 Å². The molecule has 0 bridgehead atoms. The molecule has 1 aromatic carbocycles. The number of rotatable bonds is 7. The number of carbonyl (C=O) groups excluding carboxylic acids is 1. The van der Waals surface area contributed by atoms with Crippen LogP contribution in [-0.2, 0) is 11.3 Å². The lowest BCUT2D eigenvalue weighted by atomic mass is 10.1. The first-order valence-electron chi connectivity index (χ1n) is 9.93. The zero-order chi connectivity index (χ0) is 20.7. The number of ether oxygens (including phenoxy) is 1. The molecule has 2 rings (SSSR count). The van der Waals surface area contributed by atoms with Gasteiger partial charge in [-0.3, -0.25) is 14.7 Å². The number of hydrogen-bond donors (Lipinski definition) is 2. The van der Waals surface area contributed by atoms with Gasteiger partial charge in [-0.2, -0.15) is 0 Å². The Hall–Kier alpha value is -2.28. The summed E-state index contributed by atoms with van der Waals surface area (Å²) in [6.45, 7) is 9.57. The summed E-state index contributed by atoms with van der Waals surface area (Å²) in [7, 11) is 5.23. The Balaban J connectivity index is 1.86. The summed E-state index contributed by atoms with van der Waals surface area (Å²) in [6.07, 6.45) is 0. The third-order valence-electron chi connectivity index (χ3n) is 5.14. The number of benzene rings is 1. The average molecular weight is 390 g/mol. The lowest BCUT2D eigenvalue weighted by Gasteiger charge is -2.22. The van der Waals surface area contributed by atoms with Crippen molar-refractivity contribution in [2.75, 3.05) is 40.8 Å². The molecule has 0 saturated carbocycles. The zero-order valence-electron chi connectivity index (χ0n) is 18.0. The van der Waals surface area contributed by atoms with E-state index in [1.165, 1.54) is 4.90 Å². The second-order valence-electron chi connectivity index (χ2n) is 7.93. The number of aliphatic imine (C=N–C) groups is 1. The lowest BCUT2D eigenvalue weighted by Crippen LogP contribution is -2.46. The van der Waals surface area contributed by atoms with Crippen LogP contribution in [0, 0.1) is 5.92 Å². The highest BCUT2D eigenvalue weighted by Gasteiger charge is 2.31. The van der Waals surface area contributed by atoms with E-state index in [0.717, 1.165) is 24.6 Å². The fourth-order valence-corrected chi connectivity index (χ4v) is 3.19. The van der Waals surface area contributed by atoms with Crippen molar-refractivity contribution in [3.8, 4) is 5.75 Å². The van der Waals surface area contributed by atoms with E-state index >= 15 is 0 Å². The van der Waals surface area contributed by atoms with Gasteiger partial charge in [-0.05, 0) is 37.5 Å². The Morgan fingerprint density at radius 1 is 1.36 bits per heavy atom. The highest BCUT2D eigenvalue weighted by atomic mass is 16.5. The summed E-state index contributed by atoms with van der Waals surface area (Å²) in [5, 5.41) is 6.93. The molecule has 2 unspecified atom stereocenters. The normalized spacial score (nSPS) is 20.3. The van der Waals surface area contributed by atoms with Gasteiger partial charge in [-0.1, -0.05) is 19.1 Å². The molecule has 1 aliphatic heterocycles. The molecule has 2 atom stereocenters. The smallest absolute Gasteiger partial charge is 0.259 e. The van der Waals surface area contributed by atoms with Gasteiger partial charge < -0.3 is 20.3 Å². The van der Waals surface area contributed by atoms with Gasteiger partial charge in [0, 0.05) is 52.9 Å². The molecule has 0 aliphatic carbocycles. The van der Waals surface area contributed by atoms with Gasteiger partial charge in [-0.25, -0.2) is 0 Å². The molecule has 1 amide bonds. The topological polar surface area (TPSA) is 69.2 Å². The van der Waals surface area contributed by atoms with Crippen LogP contribution in [0.3, 0.4) is 0 Å². The van der Waals surface area contributed by atoms with Gasteiger partial charge in [0.25, 0.3) is 5.91 Å². The molecule has 1 aromatic rings. The van der Waals surface area contributed by atoms with Crippen molar-refractivity contribution >= 4 is 11.9 Å². The molecule has 1 aliphatic rings. The zero-order valence-corrected chi connectivity index (χ0v) is 18.0. The Labute approximate surface area is 169 Å². The van der Waals surface area contributed by atoms with Crippen molar-refractivity contribution in [2.45, 2.75) is 39.4 Å². The molecule has 0 radical (unpaired) electrons. The van der Waals surface area contributed by atoms with Crippen LogP contribution in [0.2, 0.25) is 0 Å². The van der Waals surface area contributed by atoms with E-state index in [-0.39, 0.29) is 12.5 Å². The first kappa shape index (κ1) is 22.0. The van der Waals surface area contributed by atoms with E-state index in [4.69, 9.17) is 4.74 Å². The van der Waals surface area contributed by atoms with Gasteiger partial charge in [0.1, 0.15) is 5.75 Å². The van der Waals surface area contributed by atoms with Crippen LogP contribution < -0.4 is 15.4 Å². The van der Waals surface area contributed by atoms with Crippen LogP contribution in [-0.4, -0.2) is 74.6 Å². The maximum atomic E-state index is 11.7. The van der Waals surface area contributed by atoms with E-state index in [9.17, 15) is 4.79 Å². The number of amides is 1. The van der Waals surface area contributed by atoms with E-state index in [2.05, 4.69) is 41.3 Å². The molecule has 28 heavy (non-hydrogen) atoms. The maximum absolute atomic E-state index is 11.7. The van der Waals surface area contributed by atoms with E-state index in [1.807, 2.05) is 24.3 Å². The minimum Gasteiger partial charge on any atom is -0.484 e. The first-order valence-corrected chi connectivity index (χ1v) is 9.93. The summed E-state index contributed by atoms with van der Waals surface area (Å²) in [5.74, 6) is 2.01. The van der Waals surface area contributed by atoms with Crippen molar-refractivity contribution in [2.24, 2.45) is 10.9 Å². The molecule has 156 valence electrons. The predicted molar refractivity (Wildman–Crippen MR) is 114 cm³/mol. The highest BCUT2D eigenvalue weighted by Crippen LogP contribution is 2.18. The minimum atomic E-state index is -0.0609. The molecule has 0 spiro atoms. The van der Waals surface area contributed by atoms with Crippen LogP contribution in [0.25, 0.3) is 0 Å². The Bertz CT molecular complexity index is 675. The SMILES string of the molecule is CN=C(NCc1cccc(OCC(=O)N(C)C)c1)NC1CN(C(C)C)CC1C. The molecular formula is C21H35N5O2. The number of hydrogen-bond acceptors (Lipinski definition) is 4. The van der Waals surface area contributed by atoms with Gasteiger partial charge in [-0.15, -0.1) is 0 Å². The van der Waals surface area contributed by atoms with Crippen molar-refractivity contribution in [1.29, 1.82) is 0 Å². The minimum absolute atomic E-state index is 0.0407. The van der Waals surface area contributed by atoms with Crippen molar-refractivity contribution in [1.82, 2.24) is 20.4 Å². The van der Waals surface area contributed by atoms with Crippen molar-refractivity contribution in [3.63, 3.8) is 0 Å². The molecular weight excluding hydrogens is 354 g/mol. The lowest BCUT2D eigenvalue weighted by molar-refractivity contribution is -0.130. The second kappa shape index (κ2) is 10.3. The van der Waals surface area contributed by atoms with Gasteiger partial charge in [0.15, 0.2) is 12.6 Å². The first-order chi connectivity index (χ1) is 13.3. The molecule has 1 fully saturated rings. The summed E-state index contributed by atoms with van der Waals surface area (Å²) in [6, 6.07) is 8.72. The maximum Gasteiger partial charge on any atom is 0.259 e. The standard InChI is InChI=1S/C21H35N5O2/c1-15(2)26-12-16(3)19(13-26)24-21(22-4)23-11-17-8-7-9-18(10-17)28-14-20(27)25(5)6/h7-10,15-16,19H,11-14H2,1-6H3,(H2,22,23,24). The van der Waals surface area contributed by atoms with Gasteiger partial charge in [0.2, 0.25) is 0 Å². The number of guanidine groups is 1.